The van der Waals surface area contributed by atoms with Crippen molar-refractivity contribution in [1.82, 2.24) is 5.32 Å². The van der Waals surface area contributed by atoms with Gasteiger partial charge in [-0.25, -0.2) is 4.79 Å². The molecule has 150 valence electrons. The fraction of sp³-hybridized carbons (Fsp3) is 0.471. The third-order valence-corrected chi connectivity index (χ3v) is 3.88. The van der Waals surface area contributed by atoms with E-state index < -0.39 is 61.1 Å². The summed E-state index contributed by atoms with van der Waals surface area (Å²) >= 11 is 0. The van der Waals surface area contributed by atoms with Gasteiger partial charge in [-0.3, -0.25) is 9.59 Å². The minimum atomic E-state index is -1.98. The van der Waals surface area contributed by atoms with Gasteiger partial charge in [0.15, 0.2) is 0 Å². The molecular formula is C17H23NO9. The number of aliphatic hydroxyl groups is 5. The predicted molar refractivity (Wildman–Crippen MR) is 90.4 cm³/mol. The molecular weight excluding hydrogens is 362 g/mol. The smallest absolute Gasteiger partial charge is 0.372 e. The van der Waals surface area contributed by atoms with E-state index in [1.54, 1.807) is 30.3 Å². The van der Waals surface area contributed by atoms with Crippen LogP contribution in [0, 0.1) is 0 Å². The Morgan fingerprint density at radius 2 is 1.52 bits per heavy atom. The standard InChI is InChI=1S/C17H23NO9/c19-8-12(22)15(24)16(25)14(10(20)7-11(21)17(26)27)18-13(23)6-9-4-2-1-3-5-9/h1-5,10,12,14-16,19-20,22,24-25H,6-8H2,(H,18,23)(H,26,27)/t10-,12+,14+,15+,16+/m0/s1. The number of hydrogen-bond donors (Lipinski definition) is 7. The molecule has 0 fully saturated rings. The monoisotopic (exact) mass is 385 g/mol. The van der Waals surface area contributed by atoms with Crippen molar-refractivity contribution in [3.63, 3.8) is 0 Å². The molecule has 1 rings (SSSR count). The van der Waals surface area contributed by atoms with Crippen molar-refractivity contribution in [2.45, 2.75) is 43.3 Å². The fourth-order valence-corrected chi connectivity index (χ4v) is 2.38. The molecule has 0 heterocycles. The van der Waals surface area contributed by atoms with Crippen LogP contribution in [0.15, 0.2) is 30.3 Å². The first-order valence-electron chi connectivity index (χ1n) is 8.09. The molecule has 10 heteroatoms. The lowest BCUT2D eigenvalue weighted by Gasteiger charge is -2.32. The highest BCUT2D eigenvalue weighted by Crippen LogP contribution is 2.12. The Hall–Kier alpha value is -2.37. The van der Waals surface area contributed by atoms with E-state index in [4.69, 9.17) is 10.2 Å². The Morgan fingerprint density at radius 3 is 2.04 bits per heavy atom. The Labute approximate surface area is 154 Å². The Balaban J connectivity index is 2.93. The third kappa shape index (κ3) is 7.04. The SMILES string of the molecule is O=C(Cc1ccccc1)N[C@@H]([C@@H](O)[C@H](O)[C@H](O)CO)[C@@H](O)CC(=O)C(=O)O. The second-order valence-electron chi connectivity index (χ2n) is 5.99. The summed E-state index contributed by atoms with van der Waals surface area (Å²) in [5.74, 6) is -3.86. The Bertz CT molecular complexity index is 637. The van der Waals surface area contributed by atoms with Gasteiger partial charge in [0.05, 0.1) is 25.2 Å². The average Bonchev–Trinajstić information content (AvgIpc) is 2.64. The predicted octanol–water partition coefficient (Wildman–Crippen LogP) is -2.81. The molecule has 0 bridgehead atoms. The molecule has 0 saturated heterocycles. The number of carbonyl (C=O) groups is 3. The molecule has 0 spiro atoms. The van der Waals surface area contributed by atoms with Gasteiger partial charge in [0.1, 0.15) is 18.3 Å². The lowest BCUT2D eigenvalue weighted by atomic mass is 9.93. The molecule has 1 aromatic rings. The van der Waals surface area contributed by atoms with E-state index in [1.807, 2.05) is 0 Å². The lowest BCUT2D eigenvalue weighted by molar-refractivity contribution is -0.151. The van der Waals surface area contributed by atoms with E-state index in [2.05, 4.69) is 5.32 Å². The summed E-state index contributed by atoms with van der Waals surface area (Å²) in [6, 6.07) is 6.76. The molecule has 0 saturated carbocycles. The van der Waals surface area contributed by atoms with Gasteiger partial charge in [-0.15, -0.1) is 0 Å². The van der Waals surface area contributed by atoms with Crippen LogP contribution >= 0.6 is 0 Å². The fourth-order valence-electron chi connectivity index (χ4n) is 2.38. The minimum absolute atomic E-state index is 0.150. The average molecular weight is 385 g/mol. The number of carboxylic acids is 1. The molecule has 7 N–H and O–H groups in total. The number of aliphatic carboxylic acids is 1. The van der Waals surface area contributed by atoms with E-state index in [0.717, 1.165) is 0 Å². The summed E-state index contributed by atoms with van der Waals surface area (Å²) < 4.78 is 0. The number of ketones is 1. The highest BCUT2D eigenvalue weighted by Gasteiger charge is 2.37. The van der Waals surface area contributed by atoms with Gasteiger partial charge in [0.25, 0.3) is 0 Å². The molecule has 0 aliphatic heterocycles. The molecule has 0 unspecified atom stereocenters. The van der Waals surface area contributed by atoms with E-state index >= 15 is 0 Å². The van der Waals surface area contributed by atoms with Crippen LogP contribution in [-0.4, -0.2) is 85.4 Å². The van der Waals surface area contributed by atoms with Crippen molar-refractivity contribution in [2.75, 3.05) is 6.61 Å². The van der Waals surface area contributed by atoms with Crippen molar-refractivity contribution < 1.29 is 45.0 Å². The van der Waals surface area contributed by atoms with Crippen LogP contribution < -0.4 is 5.32 Å². The van der Waals surface area contributed by atoms with E-state index in [-0.39, 0.29) is 6.42 Å². The van der Waals surface area contributed by atoms with Crippen molar-refractivity contribution >= 4 is 17.7 Å². The maximum absolute atomic E-state index is 12.2. The molecule has 0 aliphatic carbocycles. The number of aliphatic hydroxyl groups excluding tert-OH is 5. The first kappa shape index (κ1) is 22.7. The summed E-state index contributed by atoms with van der Waals surface area (Å²) in [5.41, 5.74) is 0.607. The lowest BCUT2D eigenvalue weighted by Crippen LogP contribution is -2.58. The molecule has 1 aromatic carbocycles. The number of hydrogen-bond acceptors (Lipinski definition) is 8. The van der Waals surface area contributed by atoms with Crippen LogP contribution in [0.5, 0.6) is 0 Å². The number of carboxylic acid groups (broad SMARTS) is 1. The zero-order valence-corrected chi connectivity index (χ0v) is 14.3. The minimum Gasteiger partial charge on any atom is -0.475 e. The van der Waals surface area contributed by atoms with E-state index in [0.29, 0.717) is 5.56 Å². The van der Waals surface area contributed by atoms with Crippen LogP contribution in [-0.2, 0) is 20.8 Å². The van der Waals surface area contributed by atoms with Gasteiger partial charge < -0.3 is 36.0 Å². The highest BCUT2D eigenvalue weighted by atomic mass is 16.4. The van der Waals surface area contributed by atoms with Gasteiger partial charge in [-0.2, -0.15) is 0 Å². The van der Waals surface area contributed by atoms with E-state index in [9.17, 15) is 34.8 Å². The third-order valence-electron chi connectivity index (χ3n) is 3.88. The molecule has 0 aromatic heterocycles. The highest BCUT2D eigenvalue weighted by molar-refractivity contribution is 6.32. The molecule has 0 aliphatic rings. The number of nitrogens with one attached hydrogen (secondary N) is 1. The quantitative estimate of drug-likeness (QED) is 0.198. The van der Waals surface area contributed by atoms with E-state index in [1.165, 1.54) is 0 Å². The van der Waals surface area contributed by atoms with Gasteiger partial charge in [-0.05, 0) is 5.56 Å². The van der Waals surface area contributed by atoms with Gasteiger partial charge in [0.2, 0.25) is 11.7 Å². The van der Waals surface area contributed by atoms with Crippen molar-refractivity contribution in [3.05, 3.63) is 35.9 Å². The zero-order chi connectivity index (χ0) is 20.6. The van der Waals surface area contributed by atoms with Crippen molar-refractivity contribution in [3.8, 4) is 0 Å². The Kier molecular flexibility index (Phi) is 8.98. The summed E-state index contributed by atoms with van der Waals surface area (Å²) in [5, 5.41) is 59.3. The van der Waals surface area contributed by atoms with Crippen LogP contribution in [0.2, 0.25) is 0 Å². The molecule has 1 amide bonds. The zero-order valence-electron chi connectivity index (χ0n) is 14.3. The van der Waals surface area contributed by atoms with Crippen molar-refractivity contribution in [1.29, 1.82) is 0 Å². The Morgan fingerprint density at radius 1 is 0.926 bits per heavy atom. The van der Waals surface area contributed by atoms with Gasteiger partial charge in [0, 0.05) is 6.42 Å². The summed E-state index contributed by atoms with van der Waals surface area (Å²) in [4.78, 5) is 34.1. The van der Waals surface area contributed by atoms with Gasteiger partial charge in [-0.1, -0.05) is 30.3 Å². The topological polar surface area (TPSA) is 185 Å². The van der Waals surface area contributed by atoms with Crippen LogP contribution in [0.4, 0.5) is 0 Å². The summed E-state index contributed by atoms with van der Waals surface area (Å²) in [6.07, 6.45) is -8.68. The van der Waals surface area contributed by atoms with Crippen LogP contribution in [0.1, 0.15) is 12.0 Å². The summed E-state index contributed by atoms with van der Waals surface area (Å²) in [6.45, 7) is -0.910. The maximum atomic E-state index is 12.2. The number of rotatable bonds is 11. The van der Waals surface area contributed by atoms with Crippen LogP contribution in [0.3, 0.4) is 0 Å². The van der Waals surface area contributed by atoms with Gasteiger partial charge >= 0.3 is 5.97 Å². The largest absolute Gasteiger partial charge is 0.475 e. The molecule has 10 nitrogen and oxygen atoms in total. The number of carbonyl (C=O) groups excluding carboxylic acids is 2. The maximum Gasteiger partial charge on any atom is 0.372 e. The molecule has 5 atom stereocenters. The molecule has 0 radical (unpaired) electrons. The normalized spacial score (nSPS) is 16.6. The van der Waals surface area contributed by atoms with Crippen molar-refractivity contribution in [2.24, 2.45) is 0 Å². The van der Waals surface area contributed by atoms with Crippen LogP contribution in [0.25, 0.3) is 0 Å². The second kappa shape index (κ2) is 10.7. The molecule has 27 heavy (non-hydrogen) atoms. The summed E-state index contributed by atoms with van der Waals surface area (Å²) in [7, 11) is 0. The number of benzene rings is 1. The number of Topliss-reactive ketones (excluding diaryl/α,β-unsaturated/α-hetero) is 1. The first-order valence-corrected chi connectivity index (χ1v) is 8.09. The second-order valence-corrected chi connectivity index (χ2v) is 5.99. The first-order chi connectivity index (χ1) is 12.7. The number of amides is 1.